The van der Waals surface area contributed by atoms with Crippen LogP contribution < -0.4 is 16.2 Å². The molecule has 3 rings (SSSR count). The molecule has 1 heterocycles. The smallest absolute Gasteiger partial charge is 0.333 e. The molecule has 0 atom stereocenters. The van der Waals surface area contributed by atoms with Gasteiger partial charge in [-0.25, -0.2) is 14.9 Å². The minimum absolute atomic E-state index is 0.350. The average molecular weight is 362 g/mol. The van der Waals surface area contributed by atoms with Gasteiger partial charge in [0.05, 0.1) is 5.69 Å². The van der Waals surface area contributed by atoms with E-state index in [2.05, 4.69) is 21.3 Å². The van der Waals surface area contributed by atoms with Crippen LogP contribution >= 0.6 is 11.6 Å². The Balaban J connectivity index is 1.97. The Hall–Kier alpha value is -2.54. The first-order chi connectivity index (χ1) is 12.1. The van der Waals surface area contributed by atoms with Gasteiger partial charge in [0.15, 0.2) is 5.69 Å². The molecular formula is C17H20ClN5O2. The van der Waals surface area contributed by atoms with Gasteiger partial charge in [-0.05, 0) is 49.9 Å². The van der Waals surface area contributed by atoms with Gasteiger partial charge in [-0.2, -0.15) is 5.10 Å². The Kier molecular flexibility index (Phi) is 5.23. The van der Waals surface area contributed by atoms with Gasteiger partial charge >= 0.3 is 6.03 Å². The SMILES string of the molecule is CNC(=O)NNC(=O)c1nn(-c2ccc(Cl)cc2)c2c1CCCCC2. The third-order valence-corrected chi connectivity index (χ3v) is 4.49. The number of halogens is 1. The molecule has 25 heavy (non-hydrogen) atoms. The lowest BCUT2D eigenvalue weighted by atomic mass is 10.1. The van der Waals surface area contributed by atoms with Crippen LogP contribution in [0.25, 0.3) is 5.69 Å². The highest BCUT2D eigenvalue weighted by atomic mass is 35.5. The number of fused-ring (bicyclic) bond motifs is 1. The largest absolute Gasteiger partial charge is 0.340 e. The maximum Gasteiger partial charge on any atom is 0.333 e. The monoisotopic (exact) mass is 361 g/mol. The summed E-state index contributed by atoms with van der Waals surface area (Å²) in [5.74, 6) is -0.422. The van der Waals surface area contributed by atoms with E-state index in [1.54, 1.807) is 12.1 Å². The van der Waals surface area contributed by atoms with Crippen molar-refractivity contribution in [2.24, 2.45) is 0 Å². The Morgan fingerprint density at radius 3 is 2.52 bits per heavy atom. The number of hydrazine groups is 1. The first-order valence-corrected chi connectivity index (χ1v) is 8.62. The molecule has 2 aromatic rings. The summed E-state index contributed by atoms with van der Waals surface area (Å²) in [6.07, 6.45) is 4.85. The maximum atomic E-state index is 12.5. The van der Waals surface area contributed by atoms with E-state index >= 15 is 0 Å². The van der Waals surface area contributed by atoms with Crippen molar-refractivity contribution in [2.45, 2.75) is 32.1 Å². The van der Waals surface area contributed by atoms with Crippen LogP contribution in [0.5, 0.6) is 0 Å². The highest BCUT2D eigenvalue weighted by molar-refractivity contribution is 6.30. The molecule has 0 saturated carbocycles. The van der Waals surface area contributed by atoms with Gasteiger partial charge in [-0.3, -0.25) is 10.2 Å². The lowest BCUT2D eigenvalue weighted by molar-refractivity contribution is 0.0930. The molecule has 1 aromatic carbocycles. The average Bonchev–Trinajstić information content (AvgIpc) is 2.81. The minimum atomic E-state index is -0.489. The highest BCUT2D eigenvalue weighted by Gasteiger charge is 2.24. The molecule has 0 aliphatic heterocycles. The fourth-order valence-electron chi connectivity index (χ4n) is 2.99. The van der Waals surface area contributed by atoms with Crippen LogP contribution in [-0.2, 0) is 12.8 Å². The van der Waals surface area contributed by atoms with Gasteiger partial charge in [0.2, 0.25) is 0 Å². The van der Waals surface area contributed by atoms with E-state index in [1.807, 2.05) is 16.8 Å². The summed E-state index contributed by atoms with van der Waals surface area (Å²) >= 11 is 5.97. The summed E-state index contributed by atoms with van der Waals surface area (Å²) in [6, 6.07) is 6.87. The lowest BCUT2D eigenvalue weighted by Gasteiger charge is -2.07. The number of nitrogens with zero attached hydrogens (tertiary/aromatic N) is 2. The first-order valence-electron chi connectivity index (χ1n) is 8.25. The molecule has 1 aliphatic rings. The molecular weight excluding hydrogens is 342 g/mol. The molecule has 0 spiro atoms. The fraction of sp³-hybridized carbons (Fsp3) is 0.353. The lowest BCUT2D eigenvalue weighted by Crippen LogP contribution is -2.46. The molecule has 1 aromatic heterocycles. The molecule has 8 heteroatoms. The standard InChI is InChI=1S/C17H20ClN5O2/c1-19-17(25)21-20-16(24)15-13-5-3-2-4-6-14(13)23(22-15)12-9-7-11(18)8-10-12/h7-10H,2-6H2,1H3,(H,20,24)(H2,19,21,25). The first kappa shape index (κ1) is 17.3. The molecule has 0 radical (unpaired) electrons. The summed E-state index contributed by atoms with van der Waals surface area (Å²) in [6.45, 7) is 0. The zero-order chi connectivity index (χ0) is 17.8. The van der Waals surface area contributed by atoms with Crippen molar-refractivity contribution in [3.05, 3.63) is 46.2 Å². The number of aromatic nitrogens is 2. The molecule has 3 N–H and O–H groups in total. The van der Waals surface area contributed by atoms with Gasteiger partial charge in [0.25, 0.3) is 5.91 Å². The van der Waals surface area contributed by atoms with Crippen LogP contribution in [-0.4, -0.2) is 28.8 Å². The van der Waals surface area contributed by atoms with Gasteiger partial charge in [-0.15, -0.1) is 0 Å². The van der Waals surface area contributed by atoms with Crippen LogP contribution in [0.1, 0.15) is 41.0 Å². The van der Waals surface area contributed by atoms with Crippen molar-refractivity contribution in [1.82, 2.24) is 25.9 Å². The number of urea groups is 1. The molecule has 132 valence electrons. The molecule has 3 amide bonds. The van der Waals surface area contributed by atoms with Gasteiger partial charge < -0.3 is 5.32 Å². The number of hydrogen-bond acceptors (Lipinski definition) is 3. The van der Waals surface area contributed by atoms with E-state index in [1.165, 1.54) is 7.05 Å². The summed E-state index contributed by atoms with van der Waals surface area (Å²) in [5.41, 5.74) is 7.90. The third kappa shape index (κ3) is 3.76. The van der Waals surface area contributed by atoms with E-state index in [0.717, 1.165) is 49.0 Å². The molecule has 1 aliphatic carbocycles. The van der Waals surface area contributed by atoms with E-state index in [4.69, 9.17) is 11.6 Å². The predicted molar refractivity (Wildman–Crippen MR) is 94.9 cm³/mol. The molecule has 0 bridgehead atoms. The van der Waals surface area contributed by atoms with Crippen LogP contribution in [0.2, 0.25) is 5.02 Å². The topological polar surface area (TPSA) is 88.1 Å². The Morgan fingerprint density at radius 1 is 1.08 bits per heavy atom. The van der Waals surface area contributed by atoms with E-state index < -0.39 is 11.9 Å². The van der Waals surface area contributed by atoms with Crippen LogP contribution in [0.15, 0.2) is 24.3 Å². The second kappa shape index (κ2) is 7.57. The fourth-order valence-corrected chi connectivity index (χ4v) is 3.12. The number of benzene rings is 1. The molecule has 0 unspecified atom stereocenters. The number of carbonyl (C=O) groups excluding carboxylic acids is 2. The van der Waals surface area contributed by atoms with E-state index in [-0.39, 0.29) is 0 Å². The zero-order valence-electron chi connectivity index (χ0n) is 13.9. The Bertz CT molecular complexity index is 785. The van der Waals surface area contributed by atoms with E-state index in [9.17, 15) is 9.59 Å². The number of hydrogen-bond donors (Lipinski definition) is 3. The van der Waals surface area contributed by atoms with Crippen molar-refractivity contribution in [1.29, 1.82) is 0 Å². The number of amides is 3. The zero-order valence-corrected chi connectivity index (χ0v) is 14.7. The van der Waals surface area contributed by atoms with Crippen molar-refractivity contribution in [3.8, 4) is 5.69 Å². The van der Waals surface area contributed by atoms with Crippen molar-refractivity contribution < 1.29 is 9.59 Å². The quantitative estimate of drug-likeness (QED) is 0.566. The second-order valence-electron chi connectivity index (χ2n) is 5.88. The molecule has 7 nitrogen and oxygen atoms in total. The van der Waals surface area contributed by atoms with Crippen molar-refractivity contribution in [3.63, 3.8) is 0 Å². The Labute approximate surface area is 150 Å². The summed E-state index contributed by atoms with van der Waals surface area (Å²) < 4.78 is 1.81. The minimum Gasteiger partial charge on any atom is -0.340 e. The van der Waals surface area contributed by atoms with Crippen molar-refractivity contribution >= 4 is 23.5 Å². The summed E-state index contributed by atoms with van der Waals surface area (Å²) in [4.78, 5) is 23.8. The highest BCUT2D eigenvalue weighted by Crippen LogP contribution is 2.26. The molecule has 0 saturated heterocycles. The van der Waals surface area contributed by atoms with Crippen LogP contribution in [0, 0.1) is 0 Å². The number of carbonyl (C=O) groups is 2. The van der Waals surface area contributed by atoms with E-state index in [0.29, 0.717) is 10.7 Å². The molecule has 0 fully saturated rings. The van der Waals surface area contributed by atoms with Gasteiger partial charge in [0.1, 0.15) is 0 Å². The summed E-state index contributed by atoms with van der Waals surface area (Å²) in [5, 5.41) is 7.55. The van der Waals surface area contributed by atoms with Crippen molar-refractivity contribution in [2.75, 3.05) is 7.05 Å². The second-order valence-corrected chi connectivity index (χ2v) is 6.32. The van der Waals surface area contributed by atoms with Crippen LogP contribution in [0.3, 0.4) is 0 Å². The Morgan fingerprint density at radius 2 is 1.80 bits per heavy atom. The van der Waals surface area contributed by atoms with Gasteiger partial charge in [-0.1, -0.05) is 18.0 Å². The normalized spacial score (nSPS) is 13.5. The number of nitrogens with one attached hydrogen (secondary N) is 3. The third-order valence-electron chi connectivity index (χ3n) is 4.23. The van der Waals surface area contributed by atoms with Gasteiger partial charge in [0, 0.05) is 23.3 Å². The predicted octanol–water partition coefficient (Wildman–Crippen LogP) is 2.37. The maximum absolute atomic E-state index is 12.5. The van der Waals surface area contributed by atoms with Crippen LogP contribution in [0.4, 0.5) is 4.79 Å². The summed E-state index contributed by atoms with van der Waals surface area (Å²) in [7, 11) is 1.47. The number of rotatable bonds is 2.